The number of ether oxygens (including phenoxy) is 2. The lowest BCUT2D eigenvalue weighted by molar-refractivity contribution is 0.0528. The van der Waals surface area contributed by atoms with E-state index in [-0.39, 0.29) is 6.09 Å². The molecule has 0 aliphatic heterocycles. The van der Waals surface area contributed by atoms with Gasteiger partial charge in [0.15, 0.2) is 0 Å². The third-order valence-electron chi connectivity index (χ3n) is 1.60. The molecule has 1 amide bonds. The molecule has 5 heteroatoms. The smallest absolute Gasteiger partial charge is 0.407 e. The van der Waals surface area contributed by atoms with Crippen molar-refractivity contribution in [3.8, 4) is 0 Å². The van der Waals surface area contributed by atoms with E-state index in [0.29, 0.717) is 19.7 Å². The molecule has 2 N–H and O–H groups in total. The van der Waals surface area contributed by atoms with Crippen LogP contribution in [0.2, 0.25) is 0 Å². The van der Waals surface area contributed by atoms with Crippen molar-refractivity contribution in [1.82, 2.24) is 10.6 Å². The van der Waals surface area contributed by atoms with E-state index in [1.807, 2.05) is 27.7 Å². The standard InChI is InChI=1S/C11H24N2O3/c1-5-15-9-8-12-6-7-13-10(14)16-11(2,3)4/h12H,5-9H2,1-4H3,(H,13,14). The van der Waals surface area contributed by atoms with Gasteiger partial charge >= 0.3 is 6.09 Å². The van der Waals surface area contributed by atoms with Crippen LogP contribution in [0.5, 0.6) is 0 Å². The first-order valence-electron chi connectivity index (χ1n) is 5.71. The molecule has 0 aromatic carbocycles. The molecule has 0 aromatic rings. The SMILES string of the molecule is CCOCCNCCNC(=O)OC(C)(C)C. The number of nitrogens with one attached hydrogen (secondary N) is 2. The van der Waals surface area contributed by atoms with Crippen LogP contribution < -0.4 is 10.6 Å². The molecule has 16 heavy (non-hydrogen) atoms. The van der Waals surface area contributed by atoms with E-state index in [2.05, 4.69) is 10.6 Å². The molecule has 96 valence electrons. The van der Waals surface area contributed by atoms with E-state index in [0.717, 1.165) is 13.2 Å². The molecule has 0 aromatic heterocycles. The average Bonchev–Trinajstić information content (AvgIpc) is 2.13. The zero-order valence-electron chi connectivity index (χ0n) is 10.8. The molecule has 0 spiro atoms. The minimum absolute atomic E-state index is 0.376. The zero-order chi connectivity index (χ0) is 12.4. The Morgan fingerprint density at radius 2 is 1.88 bits per heavy atom. The van der Waals surface area contributed by atoms with Gasteiger partial charge in [0.1, 0.15) is 5.60 Å². The first kappa shape index (κ1) is 15.2. The van der Waals surface area contributed by atoms with Crippen molar-refractivity contribution in [3.63, 3.8) is 0 Å². The van der Waals surface area contributed by atoms with Crippen LogP contribution in [-0.2, 0) is 9.47 Å². The maximum atomic E-state index is 11.2. The fourth-order valence-corrected chi connectivity index (χ4v) is 0.981. The van der Waals surface area contributed by atoms with E-state index in [1.165, 1.54) is 0 Å². The topological polar surface area (TPSA) is 59.6 Å². The highest BCUT2D eigenvalue weighted by molar-refractivity contribution is 5.67. The van der Waals surface area contributed by atoms with Gasteiger partial charge in [-0.3, -0.25) is 0 Å². The van der Waals surface area contributed by atoms with Gasteiger partial charge in [-0.05, 0) is 27.7 Å². The van der Waals surface area contributed by atoms with Crippen LogP contribution in [0.15, 0.2) is 0 Å². The molecule has 0 atom stereocenters. The molecular weight excluding hydrogens is 208 g/mol. The van der Waals surface area contributed by atoms with Crippen LogP contribution in [0.4, 0.5) is 4.79 Å². The first-order chi connectivity index (χ1) is 7.45. The molecule has 0 aliphatic carbocycles. The minimum Gasteiger partial charge on any atom is -0.444 e. The molecule has 0 unspecified atom stereocenters. The minimum atomic E-state index is -0.438. The Morgan fingerprint density at radius 1 is 1.19 bits per heavy atom. The predicted molar refractivity (Wildman–Crippen MR) is 63.6 cm³/mol. The molecule has 5 nitrogen and oxygen atoms in total. The third kappa shape index (κ3) is 11.3. The van der Waals surface area contributed by atoms with E-state index in [1.54, 1.807) is 0 Å². The number of rotatable bonds is 7. The summed E-state index contributed by atoms with van der Waals surface area (Å²) in [5.41, 5.74) is -0.438. The Labute approximate surface area is 97.9 Å². The average molecular weight is 232 g/mol. The number of carbonyl (C=O) groups is 1. The lowest BCUT2D eigenvalue weighted by Gasteiger charge is -2.19. The number of amides is 1. The largest absolute Gasteiger partial charge is 0.444 e. The molecule has 0 fully saturated rings. The van der Waals surface area contributed by atoms with Crippen molar-refractivity contribution >= 4 is 6.09 Å². The second kappa shape index (κ2) is 8.35. The Balaban J connectivity index is 3.28. The van der Waals surface area contributed by atoms with E-state index in [9.17, 15) is 4.79 Å². The number of carbonyl (C=O) groups excluding carboxylic acids is 1. The highest BCUT2D eigenvalue weighted by Gasteiger charge is 2.15. The van der Waals surface area contributed by atoms with Crippen LogP contribution in [0.3, 0.4) is 0 Å². The summed E-state index contributed by atoms with van der Waals surface area (Å²) in [4.78, 5) is 11.2. The second-order valence-corrected chi connectivity index (χ2v) is 4.38. The summed E-state index contributed by atoms with van der Waals surface area (Å²) in [6.45, 7) is 11.0. The van der Waals surface area contributed by atoms with Gasteiger partial charge < -0.3 is 20.1 Å². The highest BCUT2D eigenvalue weighted by atomic mass is 16.6. The third-order valence-corrected chi connectivity index (χ3v) is 1.60. The van der Waals surface area contributed by atoms with E-state index < -0.39 is 5.60 Å². The summed E-state index contributed by atoms with van der Waals surface area (Å²) in [7, 11) is 0. The summed E-state index contributed by atoms with van der Waals surface area (Å²) in [5.74, 6) is 0. The summed E-state index contributed by atoms with van der Waals surface area (Å²) >= 11 is 0. The highest BCUT2D eigenvalue weighted by Crippen LogP contribution is 2.05. The number of hydrogen-bond donors (Lipinski definition) is 2. The van der Waals surface area contributed by atoms with Gasteiger partial charge in [0.25, 0.3) is 0 Å². The van der Waals surface area contributed by atoms with Gasteiger partial charge in [-0.1, -0.05) is 0 Å². The van der Waals surface area contributed by atoms with Crippen LogP contribution in [0.25, 0.3) is 0 Å². The van der Waals surface area contributed by atoms with Gasteiger partial charge in [-0.25, -0.2) is 4.79 Å². The fourth-order valence-electron chi connectivity index (χ4n) is 0.981. The molecule has 0 heterocycles. The maximum absolute atomic E-state index is 11.2. The van der Waals surface area contributed by atoms with Crippen molar-refractivity contribution in [2.75, 3.05) is 32.8 Å². The number of hydrogen-bond acceptors (Lipinski definition) is 4. The molecule has 0 saturated heterocycles. The van der Waals surface area contributed by atoms with Gasteiger partial charge in [0.05, 0.1) is 6.61 Å². The van der Waals surface area contributed by atoms with Crippen molar-refractivity contribution in [2.24, 2.45) is 0 Å². The van der Waals surface area contributed by atoms with Crippen molar-refractivity contribution in [1.29, 1.82) is 0 Å². The Bertz CT molecular complexity index is 190. The Hall–Kier alpha value is -0.810. The molecule has 0 rings (SSSR count). The molecule has 0 bridgehead atoms. The molecular formula is C11H24N2O3. The van der Waals surface area contributed by atoms with E-state index >= 15 is 0 Å². The lowest BCUT2D eigenvalue weighted by Crippen LogP contribution is -2.37. The van der Waals surface area contributed by atoms with Gasteiger partial charge in [-0.2, -0.15) is 0 Å². The van der Waals surface area contributed by atoms with Gasteiger partial charge in [-0.15, -0.1) is 0 Å². The van der Waals surface area contributed by atoms with Crippen LogP contribution in [0, 0.1) is 0 Å². The van der Waals surface area contributed by atoms with E-state index in [4.69, 9.17) is 9.47 Å². The van der Waals surface area contributed by atoms with Crippen molar-refractivity contribution < 1.29 is 14.3 Å². The van der Waals surface area contributed by atoms with Gasteiger partial charge in [0, 0.05) is 26.2 Å². The molecule has 0 saturated carbocycles. The van der Waals surface area contributed by atoms with Crippen LogP contribution in [-0.4, -0.2) is 44.5 Å². The van der Waals surface area contributed by atoms with Crippen LogP contribution in [0.1, 0.15) is 27.7 Å². The number of alkyl carbamates (subject to hydrolysis) is 1. The fraction of sp³-hybridized carbons (Fsp3) is 0.909. The summed E-state index contributed by atoms with van der Waals surface area (Å²) in [6, 6.07) is 0. The Morgan fingerprint density at radius 3 is 2.44 bits per heavy atom. The predicted octanol–water partition coefficient (Wildman–Crippen LogP) is 1.14. The maximum Gasteiger partial charge on any atom is 0.407 e. The summed E-state index contributed by atoms with van der Waals surface area (Å²) in [5, 5.41) is 5.81. The normalized spacial score (nSPS) is 11.2. The first-order valence-corrected chi connectivity index (χ1v) is 5.71. The Kier molecular flexibility index (Phi) is 7.93. The zero-order valence-corrected chi connectivity index (χ0v) is 10.8. The van der Waals surface area contributed by atoms with Crippen molar-refractivity contribution in [3.05, 3.63) is 0 Å². The molecule has 0 radical (unpaired) electrons. The monoisotopic (exact) mass is 232 g/mol. The van der Waals surface area contributed by atoms with Crippen LogP contribution >= 0.6 is 0 Å². The summed E-state index contributed by atoms with van der Waals surface area (Å²) in [6.07, 6.45) is -0.376. The van der Waals surface area contributed by atoms with Gasteiger partial charge in [0.2, 0.25) is 0 Å². The quantitative estimate of drug-likeness (QED) is 0.646. The lowest BCUT2D eigenvalue weighted by atomic mass is 10.2. The molecule has 0 aliphatic rings. The van der Waals surface area contributed by atoms with Crippen molar-refractivity contribution in [2.45, 2.75) is 33.3 Å². The summed E-state index contributed by atoms with van der Waals surface area (Å²) < 4.78 is 10.2. The second-order valence-electron chi connectivity index (χ2n) is 4.38.